The molecule has 0 spiro atoms. The van der Waals surface area contributed by atoms with Gasteiger partial charge in [0.15, 0.2) is 5.78 Å². The highest BCUT2D eigenvalue weighted by Gasteiger charge is 2.47. The highest BCUT2D eigenvalue weighted by atomic mass is 16.3. The van der Waals surface area contributed by atoms with Crippen LogP contribution in [-0.4, -0.2) is 28.4 Å². The van der Waals surface area contributed by atoms with Crippen LogP contribution in [0.1, 0.15) is 70.8 Å². The first-order chi connectivity index (χ1) is 33.6. The molecular weight excluding hydrogens is 865 g/mol. The summed E-state index contributed by atoms with van der Waals surface area (Å²) < 4.78 is 2.11. The van der Waals surface area contributed by atoms with Gasteiger partial charge < -0.3 is 20.6 Å². The van der Waals surface area contributed by atoms with Crippen LogP contribution in [0.5, 0.6) is 0 Å². The summed E-state index contributed by atoms with van der Waals surface area (Å²) in [4.78, 5) is 45.4. The Hall–Kier alpha value is -8.36. The summed E-state index contributed by atoms with van der Waals surface area (Å²) in [5, 5.41) is 18.6. The molecule has 0 heterocycles. The van der Waals surface area contributed by atoms with Gasteiger partial charge >= 0.3 is 0 Å². The van der Waals surface area contributed by atoms with Crippen molar-refractivity contribution in [2.24, 2.45) is 11.8 Å². The molecule has 0 fully saturated rings. The average Bonchev–Trinajstić information content (AvgIpc) is 3.33. The quantitative estimate of drug-likeness (QED) is 0.112. The van der Waals surface area contributed by atoms with Gasteiger partial charge in [-0.3, -0.25) is 14.4 Å². The fraction of sp³-hybridized carbons (Fsp3) is 0.161. The van der Waals surface area contributed by atoms with Gasteiger partial charge in [-0.15, -0.1) is 0 Å². The molecule has 8 heteroatoms. The molecule has 0 aliphatic heterocycles. The Labute approximate surface area is 410 Å². The van der Waals surface area contributed by atoms with Crippen LogP contribution in [0, 0.1) is 67.2 Å². The third kappa shape index (κ3) is 9.41. The summed E-state index contributed by atoms with van der Waals surface area (Å²) in [5.74, 6) is -2.91. The molecule has 2 unspecified atom stereocenters. The number of carbonyl (C=O) groups is 3. The number of aryl methyl sites for hydroxylation is 8. The van der Waals surface area contributed by atoms with Crippen molar-refractivity contribution in [2.45, 2.75) is 55.4 Å². The maximum Gasteiger partial charge on any atom is 0.255 e. The number of Topliss-reactive ketones (excluding diaryl/α,β-unsaturated/α-hetero) is 1. The molecule has 70 heavy (non-hydrogen) atoms. The number of hydrogen-bond donors (Lipinski definition) is 3. The van der Waals surface area contributed by atoms with Crippen LogP contribution in [0.3, 0.4) is 0 Å². The normalized spacial score (nSPS) is 15.3. The van der Waals surface area contributed by atoms with E-state index in [1.807, 2.05) is 82.3 Å². The molecule has 8 nitrogen and oxygen atoms in total. The highest BCUT2D eigenvalue weighted by molar-refractivity contribution is 6.31. The molecule has 2 aliphatic rings. The molecule has 0 aromatic heterocycles. The highest BCUT2D eigenvalue weighted by Crippen LogP contribution is 2.48. The van der Waals surface area contributed by atoms with Crippen molar-refractivity contribution in [1.82, 2.24) is 9.89 Å². The lowest BCUT2D eigenvalue weighted by Crippen LogP contribution is -2.41. The van der Waals surface area contributed by atoms with Gasteiger partial charge in [-0.05, 0) is 121 Å². The Kier molecular flexibility index (Phi) is 12.9. The lowest BCUT2D eigenvalue weighted by Gasteiger charge is -2.36. The summed E-state index contributed by atoms with van der Waals surface area (Å²) in [6.45, 7) is 16.3. The van der Waals surface area contributed by atoms with E-state index in [0.29, 0.717) is 28.1 Å². The van der Waals surface area contributed by atoms with Gasteiger partial charge in [0, 0.05) is 81.8 Å². The molecule has 0 radical (unpaired) electrons. The Morgan fingerprint density at radius 3 is 1.47 bits per heavy atom. The number of nitrogens with one attached hydrogen (secondary N) is 2. The number of rotatable bonds is 11. The number of amides is 2. The van der Waals surface area contributed by atoms with Crippen LogP contribution in [-0.2, 0) is 4.79 Å². The predicted molar refractivity (Wildman–Crippen MR) is 285 cm³/mol. The first-order valence-corrected chi connectivity index (χ1v) is 23.7. The van der Waals surface area contributed by atoms with Gasteiger partial charge in [-0.1, -0.05) is 112 Å². The Morgan fingerprint density at radius 1 is 0.543 bits per heavy atom. The van der Waals surface area contributed by atoms with Crippen LogP contribution >= 0.6 is 0 Å². The summed E-state index contributed by atoms with van der Waals surface area (Å²) >= 11 is 0. The van der Waals surface area contributed by atoms with Crippen LogP contribution in [0.25, 0.3) is 5.57 Å². The van der Waals surface area contributed by atoms with Gasteiger partial charge in [0.25, 0.3) is 11.8 Å². The van der Waals surface area contributed by atoms with E-state index in [9.17, 15) is 19.5 Å². The molecule has 2 atom stereocenters. The minimum Gasteiger partial charge on any atom is -0.511 e. The van der Waals surface area contributed by atoms with Gasteiger partial charge in [0.2, 0.25) is 17.1 Å². The van der Waals surface area contributed by atoms with Crippen molar-refractivity contribution >= 4 is 63.0 Å². The molecule has 2 aliphatic carbocycles. The van der Waals surface area contributed by atoms with E-state index in [0.717, 1.165) is 78.7 Å². The van der Waals surface area contributed by atoms with Crippen molar-refractivity contribution in [1.29, 1.82) is 0 Å². The Morgan fingerprint density at radius 2 is 1.00 bits per heavy atom. The fourth-order valence-corrected chi connectivity index (χ4v) is 9.40. The topological polar surface area (TPSA) is 102 Å². The van der Waals surface area contributed by atoms with Gasteiger partial charge in [0.05, 0.1) is 17.2 Å². The first-order valence-electron chi connectivity index (χ1n) is 23.7. The van der Waals surface area contributed by atoms with E-state index in [1.54, 1.807) is 30.3 Å². The summed E-state index contributed by atoms with van der Waals surface area (Å²) in [6, 6.07) is 49.3. The van der Waals surface area contributed by atoms with E-state index in [-0.39, 0.29) is 28.9 Å². The second-order valence-electron chi connectivity index (χ2n) is 18.8. The molecular formula is C62H57N4O4+. The SMILES string of the molecule is Cc1ccc(C(=O)NC2=CC(=[N+](c3ccc(C)cc3)c3ccc(C)cc3)C=CC2C2C(=O)C(c3ccc(N(c4ccc(C)cc4C)c4ccc(C)cc4C)cc3NC(=O)c3ccc(C)cc3)=C2O)cc1. The minimum atomic E-state index is -1.02. The fourth-order valence-electron chi connectivity index (χ4n) is 9.40. The lowest BCUT2D eigenvalue weighted by molar-refractivity contribution is -0.120. The van der Waals surface area contributed by atoms with E-state index in [2.05, 4.69) is 133 Å². The number of allylic oxidation sites excluding steroid dienone is 5. The maximum atomic E-state index is 15.0. The molecule has 7 aromatic rings. The molecule has 0 saturated carbocycles. The van der Waals surface area contributed by atoms with Crippen molar-refractivity contribution in [3.05, 3.63) is 243 Å². The number of aliphatic hydroxyl groups is 1. The number of nitrogens with zero attached hydrogens (tertiary/aromatic N) is 2. The summed E-state index contributed by atoms with van der Waals surface area (Å²) in [5.41, 5.74) is 16.1. The molecule has 9 rings (SSSR count). The van der Waals surface area contributed by atoms with Gasteiger partial charge in [0.1, 0.15) is 5.76 Å². The molecule has 348 valence electrons. The number of carbonyl (C=O) groups excluding carboxylic acids is 3. The zero-order chi connectivity index (χ0) is 49.4. The summed E-state index contributed by atoms with van der Waals surface area (Å²) in [6.07, 6.45) is 5.73. The van der Waals surface area contributed by atoms with Crippen molar-refractivity contribution in [3.63, 3.8) is 0 Å². The average molecular weight is 922 g/mol. The zero-order valence-electron chi connectivity index (χ0n) is 40.9. The van der Waals surface area contributed by atoms with E-state index < -0.39 is 11.8 Å². The maximum absolute atomic E-state index is 15.0. The number of aliphatic hydroxyl groups excluding tert-OH is 1. The number of hydrogen-bond acceptors (Lipinski definition) is 5. The van der Waals surface area contributed by atoms with Crippen molar-refractivity contribution < 1.29 is 19.5 Å². The molecule has 7 aromatic carbocycles. The monoisotopic (exact) mass is 921 g/mol. The van der Waals surface area contributed by atoms with Gasteiger partial charge in [-0.25, -0.2) is 0 Å². The zero-order valence-corrected chi connectivity index (χ0v) is 40.9. The van der Waals surface area contributed by atoms with Crippen LogP contribution < -0.4 is 20.1 Å². The largest absolute Gasteiger partial charge is 0.511 e. The van der Waals surface area contributed by atoms with Crippen LogP contribution in [0.4, 0.5) is 34.1 Å². The second kappa shape index (κ2) is 19.3. The molecule has 3 N–H and O–H groups in total. The van der Waals surface area contributed by atoms with E-state index in [1.165, 1.54) is 0 Å². The number of benzene rings is 7. The second-order valence-corrected chi connectivity index (χ2v) is 18.8. The third-order valence-electron chi connectivity index (χ3n) is 13.3. The van der Waals surface area contributed by atoms with Crippen LogP contribution in [0.15, 0.2) is 181 Å². The standard InChI is InChI=1S/C62H56N4O4/c1-37-9-19-45(20-10-37)61(69)63-53-35-49(65(47-23-13-39(3)14-24-47)48-25-15-40(4)16-26-48)27-29-51(53)57-59(67)58(60(57)68)52-30-28-50(36-54(52)64-62(70)46-21-11-38(2)12-22-46)66(55-31-17-41(5)33-43(55)7)56-32-18-42(6)34-44(56)8/h9-36,51,57H,1-8H3,(H2,64,67,68,70)/p+1. The predicted octanol–water partition coefficient (Wildman–Crippen LogP) is 13.8. The van der Waals surface area contributed by atoms with Crippen molar-refractivity contribution in [2.75, 3.05) is 10.2 Å². The third-order valence-corrected chi connectivity index (χ3v) is 13.3. The Balaban J connectivity index is 1.17. The number of ketones is 1. The minimum absolute atomic E-state index is 0.105. The molecule has 0 saturated heterocycles. The molecule has 0 bridgehead atoms. The van der Waals surface area contributed by atoms with Crippen LogP contribution in [0.2, 0.25) is 0 Å². The smallest absolute Gasteiger partial charge is 0.255 e. The van der Waals surface area contributed by atoms with E-state index in [4.69, 9.17) is 0 Å². The summed E-state index contributed by atoms with van der Waals surface area (Å²) in [7, 11) is 0. The lowest BCUT2D eigenvalue weighted by atomic mass is 9.69. The first kappa shape index (κ1) is 46.7. The van der Waals surface area contributed by atoms with Gasteiger partial charge in [-0.2, -0.15) is 4.58 Å². The number of anilines is 4. The van der Waals surface area contributed by atoms with E-state index >= 15 is 0 Å². The van der Waals surface area contributed by atoms with Crippen molar-refractivity contribution in [3.8, 4) is 0 Å². The molecule has 2 amide bonds. The Bertz CT molecular complexity index is 3240.